The molecule has 2 aliphatic rings. The zero-order chi connectivity index (χ0) is 11.8. The van der Waals surface area contributed by atoms with E-state index in [0.29, 0.717) is 6.54 Å². The molecule has 5 heteroatoms. The van der Waals surface area contributed by atoms with Crippen LogP contribution in [0.25, 0.3) is 0 Å². The van der Waals surface area contributed by atoms with Gasteiger partial charge in [0.1, 0.15) is 5.60 Å². The number of carbonyl (C=O) groups excluding carboxylic acids is 2. The van der Waals surface area contributed by atoms with Crippen molar-refractivity contribution >= 4 is 11.8 Å². The monoisotopic (exact) mass is 225 g/mol. The van der Waals surface area contributed by atoms with E-state index in [9.17, 15) is 14.7 Å². The minimum Gasteiger partial charge on any atom is -0.393 e. The third-order valence-corrected chi connectivity index (χ3v) is 3.01. The average molecular weight is 225 g/mol. The number of aliphatic hydroxyl groups is 1. The third kappa shape index (κ3) is 1.76. The van der Waals surface area contributed by atoms with E-state index >= 15 is 0 Å². The Kier molecular flexibility index (Phi) is 2.82. The van der Waals surface area contributed by atoms with Crippen LogP contribution in [0.15, 0.2) is 12.2 Å². The van der Waals surface area contributed by atoms with E-state index in [-0.39, 0.29) is 37.4 Å². The quantitative estimate of drug-likeness (QED) is 0.524. The molecule has 2 heterocycles. The second-order valence-corrected chi connectivity index (χ2v) is 4.15. The fourth-order valence-electron chi connectivity index (χ4n) is 2.14. The maximum atomic E-state index is 11.8. The van der Waals surface area contributed by atoms with Gasteiger partial charge in [0.15, 0.2) is 0 Å². The Morgan fingerprint density at radius 2 is 2.31 bits per heavy atom. The van der Waals surface area contributed by atoms with Crippen molar-refractivity contribution in [3.05, 3.63) is 12.2 Å². The van der Waals surface area contributed by atoms with Crippen LogP contribution in [0.4, 0.5) is 0 Å². The van der Waals surface area contributed by atoms with Crippen molar-refractivity contribution in [3.63, 3.8) is 0 Å². The summed E-state index contributed by atoms with van der Waals surface area (Å²) in [6.45, 7) is 1.89. The molecule has 2 rings (SSSR count). The van der Waals surface area contributed by atoms with E-state index in [1.165, 1.54) is 4.90 Å². The van der Waals surface area contributed by atoms with Gasteiger partial charge in [-0.1, -0.05) is 12.2 Å². The molecule has 2 amide bonds. The lowest BCUT2D eigenvalue weighted by molar-refractivity contribution is -0.157. The molecular formula is C11H15NO4. The zero-order valence-electron chi connectivity index (χ0n) is 9.18. The van der Waals surface area contributed by atoms with Crippen molar-refractivity contribution < 1.29 is 19.4 Å². The predicted molar refractivity (Wildman–Crippen MR) is 55.5 cm³/mol. The molecular weight excluding hydrogens is 210 g/mol. The van der Waals surface area contributed by atoms with Crippen molar-refractivity contribution in [3.8, 4) is 0 Å². The van der Waals surface area contributed by atoms with Crippen molar-refractivity contribution in [1.29, 1.82) is 0 Å². The van der Waals surface area contributed by atoms with Gasteiger partial charge in [0.25, 0.3) is 0 Å². The van der Waals surface area contributed by atoms with E-state index < -0.39 is 5.60 Å². The van der Waals surface area contributed by atoms with Crippen LogP contribution in [0.2, 0.25) is 0 Å². The summed E-state index contributed by atoms with van der Waals surface area (Å²) < 4.78 is 5.54. The molecule has 5 nitrogen and oxygen atoms in total. The lowest BCUT2D eigenvalue weighted by Gasteiger charge is -2.32. The fourth-order valence-corrected chi connectivity index (χ4v) is 2.14. The van der Waals surface area contributed by atoms with Crippen molar-refractivity contribution in [2.75, 3.05) is 13.2 Å². The molecule has 2 aliphatic heterocycles. The van der Waals surface area contributed by atoms with Gasteiger partial charge < -0.3 is 9.84 Å². The highest BCUT2D eigenvalue weighted by Gasteiger charge is 2.42. The van der Waals surface area contributed by atoms with Crippen molar-refractivity contribution in [2.24, 2.45) is 0 Å². The van der Waals surface area contributed by atoms with Crippen LogP contribution in [-0.2, 0) is 14.3 Å². The van der Waals surface area contributed by atoms with Gasteiger partial charge in [-0.05, 0) is 6.92 Å². The Labute approximate surface area is 93.7 Å². The van der Waals surface area contributed by atoms with Crippen LogP contribution >= 0.6 is 0 Å². The van der Waals surface area contributed by atoms with Gasteiger partial charge in [0.05, 0.1) is 25.6 Å². The van der Waals surface area contributed by atoms with Crippen LogP contribution in [0.1, 0.15) is 19.8 Å². The van der Waals surface area contributed by atoms with Crippen molar-refractivity contribution in [1.82, 2.24) is 4.90 Å². The summed E-state index contributed by atoms with van der Waals surface area (Å²) in [6, 6.07) is 0. The summed E-state index contributed by atoms with van der Waals surface area (Å²) >= 11 is 0. The van der Waals surface area contributed by atoms with Crippen LogP contribution in [-0.4, -0.2) is 46.7 Å². The summed E-state index contributed by atoms with van der Waals surface area (Å²) in [7, 11) is 0. The Hall–Kier alpha value is -1.20. The zero-order valence-corrected chi connectivity index (χ0v) is 9.18. The Morgan fingerprint density at radius 1 is 1.56 bits per heavy atom. The Morgan fingerprint density at radius 3 is 2.94 bits per heavy atom. The van der Waals surface area contributed by atoms with Crippen LogP contribution in [0.3, 0.4) is 0 Å². The first-order valence-electron chi connectivity index (χ1n) is 5.41. The fraction of sp³-hybridized carbons (Fsp3) is 0.636. The Balaban J connectivity index is 2.26. The SMILES string of the molecule is CCN1C(=O)CC2C=CC(CO)(CC1=O)O2. The summed E-state index contributed by atoms with van der Waals surface area (Å²) in [5.41, 5.74) is -0.921. The summed E-state index contributed by atoms with van der Waals surface area (Å²) in [6.07, 6.45) is 3.32. The number of imide groups is 1. The molecule has 1 N–H and O–H groups in total. The first-order chi connectivity index (χ1) is 7.60. The standard InChI is InChI=1S/C11H15NO4/c1-2-12-9(14)5-8-3-4-11(7-13,16-8)6-10(12)15/h3-4,8,13H,2,5-7H2,1H3. The van der Waals surface area contributed by atoms with E-state index in [1.807, 2.05) is 0 Å². The van der Waals surface area contributed by atoms with Gasteiger partial charge in [-0.15, -0.1) is 0 Å². The van der Waals surface area contributed by atoms with E-state index in [4.69, 9.17) is 4.74 Å². The van der Waals surface area contributed by atoms with Gasteiger partial charge in [-0.25, -0.2) is 0 Å². The summed E-state index contributed by atoms with van der Waals surface area (Å²) in [5.74, 6) is -0.498. The van der Waals surface area contributed by atoms with E-state index in [2.05, 4.69) is 0 Å². The number of nitrogens with zero attached hydrogens (tertiary/aromatic N) is 1. The maximum absolute atomic E-state index is 11.8. The molecule has 16 heavy (non-hydrogen) atoms. The van der Waals surface area contributed by atoms with Gasteiger partial charge >= 0.3 is 0 Å². The first-order valence-corrected chi connectivity index (χ1v) is 5.41. The van der Waals surface area contributed by atoms with Crippen molar-refractivity contribution in [2.45, 2.75) is 31.5 Å². The van der Waals surface area contributed by atoms with Crippen LogP contribution < -0.4 is 0 Å². The van der Waals surface area contributed by atoms with Gasteiger partial charge in [0.2, 0.25) is 11.8 Å². The number of rotatable bonds is 2. The number of aliphatic hydroxyl groups excluding tert-OH is 1. The topological polar surface area (TPSA) is 66.8 Å². The number of ether oxygens (including phenoxy) is 1. The maximum Gasteiger partial charge on any atom is 0.232 e. The molecule has 2 bridgehead atoms. The molecule has 2 unspecified atom stereocenters. The second kappa shape index (κ2) is 3.99. The number of hydrogen-bond acceptors (Lipinski definition) is 4. The average Bonchev–Trinajstić information content (AvgIpc) is 2.63. The lowest BCUT2D eigenvalue weighted by atomic mass is 10.0. The van der Waals surface area contributed by atoms with Gasteiger partial charge in [-0.2, -0.15) is 0 Å². The normalized spacial score (nSPS) is 34.1. The molecule has 2 atom stereocenters. The highest BCUT2D eigenvalue weighted by atomic mass is 16.5. The molecule has 0 spiro atoms. The minimum absolute atomic E-state index is 0.0239. The lowest BCUT2D eigenvalue weighted by Crippen LogP contribution is -2.47. The molecule has 1 fully saturated rings. The molecule has 0 radical (unpaired) electrons. The number of carbonyl (C=O) groups is 2. The highest BCUT2D eigenvalue weighted by molar-refractivity contribution is 5.96. The molecule has 88 valence electrons. The number of amides is 2. The van der Waals surface area contributed by atoms with Crippen LogP contribution in [0.5, 0.6) is 0 Å². The molecule has 1 saturated heterocycles. The molecule has 0 aliphatic carbocycles. The number of hydrogen-bond donors (Lipinski definition) is 1. The summed E-state index contributed by atoms with van der Waals surface area (Å²) in [5, 5.41) is 9.30. The predicted octanol–water partition coefficient (Wildman–Crippen LogP) is -0.159. The largest absolute Gasteiger partial charge is 0.393 e. The third-order valence-electron chi connectivity index (χ3n) is 3.01. The summed E-state index contributed by atoms with van der Waals surface area (Å²) in [4.78, 5) is 24.8. The van der Waals surface area contributed by atoms with Gasteiger partial charge in [0, 0.05) is 6.54 Å². The van der Waals surface area contributed by atoms with Crippen LogP contribution in [0, 0.1) is 0 Å². The Bertz CT molecular complexity index is 352. The van der Waals surface area contributed by atoms with Gasteiger partial charge in [-0.3, -0.25) is 14.5 Å². The first kappa shape index (κ1) is 11.3. The van der Waals surface area contributed by atoms with E-state index in [0.717, 1.165) is 0 Å². The van der Waals surface area contributed by atoms with E-state index in [1.54, 1.807) is 19.1 Å². The molecule has 0 aromatic carbocycles. The minimum atomic E-state index is -0.921. The molecule has 0 aromatic rings. The highest BCUT2D eigenvalue weighted by Crippen LogP contribution is 2.31. The number of fused-ring (bicyclic) bond motifs is 2. The molecule has 0 saturated carbocycles. The molecule has 0 aromatic heterocycles. The second-order valence-electron chi connectivity index (χ2n) is 4.15. The smallest absolute Gasteiger partial charge is 0.232 e.